The summed E-state index contributed by atoms with van der Waals surface area (Å²) in [6, 6.07) is 8.30. The van der Waals surface area contributed by atoms with Crippen molar-refractivity contribution in [1.82, 2.24) is 0 Å². The van der Waals surface area contributed by atoms with Crippen LogP contribution in [-0.2, 0) is 4.84 Å². The molecule has 0 aromatic heterocycles. The Bertz CT molecular complexity index is 301. The van der Waals surface area contributed by atoms with Gasteiger partial charge in [-0.05, 0) is 30.7 Å². The van der Waals surface area contributed by atoms with Crippen LogP contribution < -0.4 is 10.8 Å². The average molecular weight is 257 g/mol. The maximum atomic E-state index is 5.16. The lowest BCUT2D eigenvalue weighted by atomic mass is 10.3. The molecule has 1 aromatic rings. The average Bonchev–Trinajstić information content (AvgIpc) is 2.67. The van der Waals surface area contributed by atoms with E-state index in [0.717, 1.165) is 24.0 Å². The van der Waals surface area contributed by atoms with Crippen molar-refractivity contribution < 1.29 is 4.84 Å². The van der Waals surface area contributed by atoms with Crippen LogP contribution in [0.2, 0.25) is 0 Å². The third-order valence-electron chi connectivity index (χ3n) is 2.53. The topological polar surface area (TPSA) is 38.5 Å². The van der Waals surface area contributed by atoms with Crippen LogP contribution in [-0.4, -0.2) is 19.2 Å². The first-order chi connectivity index (χ1) is 6.79. The minimum absolute atomic E-state index is 0.179. The molecule has 0 spiro atoms. The summed E-state index contributed by atoms with van der Waals surface area (Å²) in [6.45, 7) is 1.90. The molecule has 0 aliphatic carbocycles. The lowest BCUT2D eigenvalue weighted by molar-refractivity contribution is 0.0690. The minimum atomic E-state index is 0.179. The van der Waals surface area contributed by atoms with Crippen molar-refractivity contribution in [1.29, 1.82) is 0 Å². The lowest BCUT2D eigenvalue weighted by Crippen LogP contribution is -2.24. The summed E-state index contributed by atoms with van der Waals surface area (Å²) in [7, 11) is 0. The summed E-state index contributed by atoms with van der Waals surface area (Å²) < 4.78 is 1.10. The molecule has 4 heteroatoms. The second kappa shape index (κ2) is 4.29. The van der Waals surface area contributed by atoms with Crippen molar-refractivity contribution in [2.24, 2.45) is 5.90 Å². The predicted octanol–water partition coefficient (Wildman–Crippen LogP) is 1.92. The fraction of sp³-hybridized carbons (Fsp3) is 0.400. The third-order valence-corrected chi connectivity index (χ3v) is 3.06. The van der Waals surface area contributed by atoms with Gasteiger partial charge in [0, 0.05) is 23.2 Å². The molecule has 2 rings (SSSR count). The van der Waals surface area contributed by atoms with E-state index in [1.165, 1.54) is 5.69 Å². The van der Waals surface area contributed by atoms with Gasteiger partial charge in [-0.25, -0.2) is 5.90 Å². The molecule has 3 nitrogen and oxygen atoms in total. The summed E-state index contributed by atoms with van der Waals surface area (Å²) >= 11 is 3.42. The Hall–Kier alpha value is -0.580. The van der Waals surface area contributed by atoms with E-state index in [1.807, 2.05) is 12.1 Å². The van der Waals surface area contributed by atoms with Gasteiger partial charge in [-0.15, -0.1) is 0 Å². The number of halogens is 1. The largest absolute Gasteiger partial charge is 0.369 e. The van der Waals surface area contributed by atoms with Gasteiger partial charge in [0.15, 0.2) is 0 Å². The fourth-order valence-corrected chi connectivity index (χ4v) is 1.99. The van der Waals surface area contributed by atoms with Gasteiger partial charge >= 0.3 is 0 Å². The summed E-state index contributed by atoms with van der Waals surface area (Å²) in [6.07, 6.45) is 1.19. The van der Waals surface area contributed by atoms with Crippen molar-refractivity contribution in [3.8, 4) is 0 Å². The lowest BCUT2D eigenvalue weighted by Gasteiger charge is -2.17. The number of rotatable bonds is 2. The van der Waals surface area contributed by atoms with E-state index in [-0.39, 0.29) is 6.10 Å². The summed E-state index contributed by atoms with van der Waals surface area (Å²) in [5.41, 5.74) is 1.23. The Balaban J connectivity index is 2.06. The Morgan fingerprint density at radius 1 is 1.36 bits per heavy atom. The highest BCUT2D eigenvalue weighted by atomic mass is 79.9. The Labute approximate surface area is 91.9 Å². The molecule has 1 fully saturated rings. The first kappa shape index (κ1) is 9.96. The highest BCUT2D eigenvalue weighted by Crippen LogP contribution is 2.22. The smallest absolute Gasteiger partial charge is 0.0978 e. The fourth-order valence-electron chi connectivity index (χ4n) is 1.73. The van der Waals surface area contributed by atoms with E-state index in [1.54, 1.807) is 0 Å². The molecule has 76 valence electrons. The molecule has 1 aliphatic rings. The number of anilines is 1. The summed E-state index contributed by atoms with van der Waals surface area (Å²) in [4.78, 5) is 7.12. The van der Waals surface area contributed by atoms with E-state index < -0.39 is 0 Å². The van der Waals surface area contributed by atoms with Crippen LogP contribution in [0.15, 0.2) is 28.7 Å². The quantitative estimate of drug-likeness (QED) is 0.822. The summed E-state index contributed by atoms with van der Waals surface area (Å²) in [5.74, 6) is 5.16. The molecule has 1 aromatic carbocycles. The molecule has 1 atom stereocenters. The van der Waals surface area contributed by atoms with Gasteiger partial charge in [0.05, 0.1) is 6.10 Å². The van der Waals surface area contributed by atoms with Crippen molar-refractivity contribution in [3.63, 3.8) is 0 Å². The standard InChI is InChI=1S/C10H13BrN2O/c11-8-1-3-9(4-2-8)13-6-5-10(7-13)14-12/h1-4,10H,5-7,12H2. The summed E-state index contributed by atoms with van der Waals surface area (Å²) in [5, 5.41) is 0. The van der Waals surface area contributed by atoms with Crippen LogP contribution in [0, 0.1) is 0 Å². The highest BCUT2D eigenvalue weighted by Gasteiger charge is 2.22. The second-order valence-electron chi connectivity index (χ2n) is 3.47. The normalized spacial score (nSPS) is 21.6. The minimum Gasteiger partial charge on any atom is -0.369 e. The molecular weight excluding hydrogens is 244 g/mol. The highest BCUT2D eigenvalue weighted by molar-refractivity contribution is 9.10. The SMILES string of the molecule is NOC1CCN(c2ccc(Br)cc2)C1. The zero-order valence-corrected chi connectivity index (χ0v) is 9.40. The Kier molecular flexibility index (Phi) is 3.05. The molecular formula is C10H13BrN2O. The van der Waals surface area contributed by atoms with Crippen LogP contribution in [0.5, 0.6) is 0 Å². The molecule has 2 N–H and O–H groups in total. The predicted molar refractivity (Wildman–Crippen MR) is 60.0 cm³/mol. The molecule has 0 radical (unpaired) electrons. The van der Waals surface area contributed by atoms with E-state index in [2.05, 4.69) is 33.0 Å². The number of hydrogen-bond acceptors (Lipinski definition) is 3. The molecule has 1 unspecified atom stereocenters. The number of hydrogen-bond donors (Lipinski definition) is 1. The van der Waals surface area contributed by atoms with Crippen LogP contribution in [0.3, 0.4) is 0 Å². The molecule has 1 aliphatic heterocycles. The first-order valence-corrected chi connectivity index (χ1v) is 5.45. The molecule has 1 heterocycles. The van der Waals surface area contributed by atoms with E-state index in [9.17, 15) is 0 Å². The molecule has 1 saturated heterocycles. The van der Waals surface area contributed by atoms with Gasteiger partial charge < -0.3 is 4.90 Å². The van der Waals surface area contributed by atoms with Crippen molar-refractivity contribution in [2.75, 3.05) is 18.0 Å². The van der Waals surface area contributed by atoms with Gasteiger partial charge in [0.25, 0.3) is 0 Å². The monoisotopic (exact) mass is 256 g/mol. The van der Waals surface area contributed by atoms with Gasteiger partial charge in [-0.3, -0.25) is 4.84 Å². The maximum absolute atomic E-state index is 5.16. The molecule has 14 heavy (non-hydrogen) atoms. The van der Waals surface area contributed by atoms with Gasteiger partial charge in [0.1, 0.15) is 0 Å². The first-order valence-electron chi connectivity index (χ1n) is 4.65. The van der Waals surface area contributed by atoms with Crippen LogP contribution in [0.25, 0.3) is 0 Å². The van der Waals surface area contributed by atoms with Gasteiger partial charge in [-0.1, -0.05) is 15.9 Å². The molecule has 0 bridgehead atoms. The zero-order chi connectivity index (χ0) is 9.97. The second-order valence-corrected chi connectivity index (χ2v) is 4.38. The maximum Gasteiger partial charge on any atom is 0.0978 e. The van der Waals surface area contributed by atoms with Crippen LogP contribution in [0.4, 0.5) is 5.69 Å². The van der Waals surface area contributed by atoms with Crippen LogP contribution >= 0.6 is 15.9 Å². The van der Waals surface area contributed by atoms with Gasteiger partial charge in [-0.2, -0.15) is 0 Å². The zero-order valence-electron chi connectivity index (χ0n) is 7.82. The number of nitrogens with zero attached hydrogens (tertiary/aromatic N) is 1. The van der Waals surface area contributed by atoms with Crippen LogP contribution in [0.1, 0.15) is 6.42 Å². The Morgan fingerprint density at radius 3 is 2.64 bits per heavy atom. The van der Waals surface area contributed by atoms with E-state index in [4.69, 9.17) is 10.7 Å². The molecule has 0 amide bonds. The van der Waals surface area contributed by atoms with Crippen molar-refractivity contribution in [2.45, 2.75) is 12.5 Å². The Morgan fingerprint density at radius 2 is 2.07 bits per heavy atom. The van der Waals surface area contributed by atoms with E-state index in [0.29, 0.717) is 0 Å². The number of benzene rings is 1. The van der Waals surface area contributed by atoms with Crippen molar-refractivity contribution >= 4 is 21.6 Å². The van der Waals surface area contributed by atoms with E-state index >= 15 is 0 Å². The number of nitrogens with two attached hydrogens (primary N) is 1. The molecule has 0 saturated carbocycles. The van der Waals surface area contributed by atoms with Crippen molar-refractivity contribution in [3.05, 3.63) is 28.7 Å². The third kappa shape index (κ3) is 2.08. The van der Waals surface area contributed by atoms with Gasteiger partial charge in [0.2, 0.25) is 0 Å².